The van der Waals surface area contributed by atoms with Crippen LogP contribution in [0.5, 0.6) is 0 Å². The molecule has 0 aromatic heterocycles. The third-order valence-corrected chi connectivity index (χ3v) is 6.56. The molecule has 4 saturated carbocycles. The summed E-state index contributed by atoms with van der Waals surface area (Å²) < 4.78 is 5.16. The van der Waals surface area contributed by atoms with Crippen LogP contribution in [0.15, 0.2) is 0 Å². The summed E-state index contributed by atoms with van der Waals surface area (Å²) in [5.41, 5.74) is 0.431. The maximum Gasteiger partial charge on any atom is 0.220 e. The number of carbonyl (C=O) groups excluding carboxylic acids is 1. The Balaban J connectivity index is 1.40. The van der Waals surface area contributed by atoms with Crippen molar-refractivity contribution < 1.29 is 9.53 Å². The maximum atomic E-state index is 12.2. The van der Waals surface area contributed by atoms with E-state index in [4.69, 9.17) is 4.74 Å². The number of ether oxygens (including phenoxy) is 1. The number of carbonyl (C=O) groups is 1. The van der Waals surface area contributed by atoms with Crippen LogP contribution in [0, 0.1) is 29.1 Å². The molecule has 3 heteroatoms. The van der Waals surface area contributed by atoms with Crippen molar-refractivity contribution >= 4 is 5.91 Å². The van der Waals surface area contributed by atoms with Crippen molar-refractivity contribution in [2.24, 2.45) is 29.1 Å². The number of rotatable bonds is 4. The lowest BCUT2D eigenvalue weighted by atomic mass is 9.48. The van der Waals surface area contributed by atoms with Crippen molar-refractivity contribution in [1.82, 2.24) is 5.32 Å². The van der Waals surface area contributed by atoms with E-state index in [-0.39, 0.29) is 5.91 Å². The lowest BCUT2D eigenvalue weighted by molar-refractivity contribution is -0.131. The zero-order chi connectivity index (χ0) is 13.7. The molecule has 5 rings (SSSR count). The Hall–Kier alpha value is -0.570. The van der Waals surface area contributed by atoms with E-state index in [1.165, 1.54) is 38.5 Å². The summed E-state index contributed by atoms with van der Waals surface area (Å²) in [5.74, 6) is 3.60. The first-order valence-electron chi connectivity index (χ1n) is 8.50. The lowest BCUT2D eigenvalue weighted by Gasteiger charge is -2.59. The van der Waals surface area contributed by atoms with Crippen LogP contribution >= 0.6 is 0 Å². The average Bonchev–Trinajstić information content (AvgIpc) is 2.32. The standard InChI is InChI=1S/C17H27NO2/c1-11(18-16(19)5-15-9-20-10-15)17-6-12-2-13(7-17)4-14(3-12)8-17/h11-15H,2-10H2,1H3,(H,18,19). The van der Waals surface area contributed by atoms with Crippen LogP contribution in [0.1, 0.15) is 51.9 Å². The second-order valence-corrected chi connectivity index (χ2v) is 8.18. The van der Waals surface area contributed by atoms with Crippen LogP contribution in [0.3, 0.4) is 0 Å². The number of nitrogens with one attached hydrogen (secondary N) is 1. The van der Waals surface area contributed by atoms with Crippen molar-refractivity contribution in [1.29, 1.82) is 0 Å². The van der Waals surface area contributed by atoms with Gasteiger partial charge in [-0.2, -0.15) is 0 Å². The summed E-state index contributed by atoms with van der Waals surface area (Å²) in [5, 5.41) is 3.34. The van der Waals surface area contributed by atoms with Gasteiger partial charge in [0.05, 0.1) is 13.2 Å². The fourth-order valence-electron chi connectivity index (χ4n) is 5.83. The number of hydrogen-bond donors (Lipinski definition) is 1. The molecule has 5 aliphatic rings. The van der Waals surface area contributed by atoms with Crippen LogP contribution < -0.4 is 5.32 Å². The highest BCUT2D eigenvalue weighted by atomic mass is 16.5. The van der Waals surface area contributed by atoms with Crippen molar-refractivity contribution in [3.8, 4) is 0 Å². The van der Waals surface area contributed by atoms with E-state index < -0.39 is 0 Å². The van der Waals surface area contributed by atoms with Gasteiger partial charge in [0.2, 0.25) is 5.91 Å². The van der Waals surface area contributed by atoms with Crippen LogP contribution in [-0.2, 0) is 9.53 Å². The number of hydrogen-bond acceptors (Lipinski definition) is 2. The smallest absolute Gasteiger partial charge is 0.220 e. The van der Waals surface area contributed by atoms with Gasteiger partial charge in [0.15, 0.2) is 0 Å². The van der Waals surface area contributed by atoms with Crippen molar-refractivity contribution in [2.45, 2.75) is 57.9 Å². The molecule has 1 saturated heterocycles. The molecule has 1 N–H and O–H groups in total. The molecule has 1 atom stereocenters. The molecule has 1 heterocycles. The summed E-state index contributed by atoms with van der Waals surface area (Å²) in [6.45, 7) is 3.82. The Morgan fingerprint density at radius 1 is 1.15 bits per heavy atom. The molecule has 0 spiro atoms. The quantitative estimate of drug-likeness (QED) is 0.858. The van der Waals surface area contributed by atoms with Gasteiger partial charge in [-0.1, -0.05) is 0 Å². The summed E-state index contributed by atoms with van der Waals surface area (Å²) in [6.07, 6.45) is 9.18. The Labute approximate surface area is 121 Å². The van der Waals surface area contributed by atoms with Gasteiger partial charge in [-0.25, -0.2) is 0 Å². The molecule has 0 aromatic carbocycles. The maximum absolute atomic E-state index is 12.2. The normalized spacial score (nSPS) is 44.1. The van der Waals surface area contributed by atoms with Gasteiger partial charge in [0.1, 0.15) is 0 Å². The average molecular weight is 277 g/mol. The molecule has 4 aliphatic carbocycles. The topological polar surface area (TPSA) is 38.3 Å². The van der Waals surface area contributed by atoms with E-state index >= 15 is 0 Å². The zero-order valence-corrected chi connectivity index (χ0v) is 12.6. The fourth-order valence-corrected chi connectivity index (χ4v) is 5.83. The molecule has 4 bridgehead atoms. The molecule has 1 amide bonds. The van der Waals surface area contributed by atoms with Crippen LogP contribution in [-0.4, -0.2) is 25.2 Å². The molecular weight excluding hydrogens is 250 g/mol. The highest BCUT2D eigenvalue weighted by molar-refractivity contribution is 5.76. The minimum atomic E-state index is 0.251. The van der Waals surface area contributed by atoms with Gasteiger partial charge in [-0.3, -0.25) is 4.79 Å². The SMILES string of the molecule is CC(NC(=O)CC1COC1)C12CC3CC(CC(C3)C1)C2. The van der Waals surface area contributed by atoms with Crippen LogP contribution in [0.2, 0.25) is 0 Å². The van der Waals surface area contributed by atoms with E-state index in [1.807, 2.05) is 0 Å². The van der Waals surface area contributed by atoms with E-state index in [0.717, 1.165) is 31.0 Å². The second kappa shape index (κ2) is 4.72. The van der Waals surface area contributed by atoms with Gasteiger partial charge >= 0.3 is 0 Å². The van der Waals surface area contributed by atoms with E-state index in [2.05, 4.69) is 12.2 Å². The highest BCUT2D eigenvalue weighted by Crippen LogP contribution is 2.61. The number of amides is 1. The first kappa shape index (κ1) is 13.1. The molecule has 20 heavy (non-hydrogen) atoms. The summed E-state index contributed by atoms with van der Waals surface area (Å²) in [4.78, 5) is 12.2. The summed E-state index contributed by atoms with van der Waals surface area (Å²) >= 11 is 0. The third-order valence-electron chi connectivity index (χ3n) is 6.56. The predicted molar refractivity (Wildman–Crippen MR) is 77.1 cm³/mol. The van der Waals surface area contributed by atoms with Gasteiger partial charge in [0.25, 0.3) is 0 Å². The fraction of sp³-hybridized carbons (Fsp3) is 0.941. The lowest BCUT2D eigenvalue weighted by Crippen LogP contribution is -2.56. The van der Waals surface area contributed by atoms with Crippen molar-refractivity contribution in [2.75, 3.05) is 13.2 Å². The molecule has 3 nitrogen and oxygen atoms in total. The molecule has 1 aliphatic heterocycles. The van der Waals surface area contributed by atoms with E-state index in [0.29, 0.717) is 23.8 Å². The van der Waals surface area contributed by atoms with Gasteiger partial charge in [-0.15, -0.1) is 0 Å². The largest absolute Gasteiger partial charge is 0.381 e. The zero-order valence-electron chi connectivity index (χ0n) is 12.6. The first-order chi connectivity index (χ1) is 9.63. The molecule has 0 radical (unpaired) electrons. The third kappa shape index (κ3) is 2.18. The predicted octanol–water partition coefficient (Wildman–Crippen LogP) is 2.74. The van der Waals surface area contributed by atoms with Crippen LogP contribution in [0.25, 0.3) is 0 Å². The minimum Gasteiger partial charge on any atom is -0.381 e. The molecule has 5 fully saturated rings. The van der Waals surface area contributed by atoms with Crippen molar-refractivity contribution in [3.63, 3.8) is 0 Å². The van der Waals surface area contributed by atoms with Crippen LogP contribution in [0.4, 0.5) is 0 Å². The molecule has 112 valence electrons. The van der Waals surface area contributed by atoms with Gasteiger partial charge in [-0.05, 0) is 68.6 Å². The molecule has 0 aromatic rings. The molecule has 1 unspecified atom stereocenters. The Morgan fingerprint density at radius 3 is 2.15 bits per heavy atom. The summed E-state index contributed by atoms with van der Waals surface area (Å²) in [7, 11) is 0. The summed E-state index contributed by atoms with van der Waals surface area (Å²) in [6, 6.07) is 0.365. The monoisotopic (exact) mass is 277 g/mol. The first-order valence-corrected chi connectivity index (χ1v) is 8.50. The highest BCUT2D eigenvalue weighted by Gasteiger charge is 2.53. The van der Waals surface area contributed by atoms with Crippen molar-refractivity contribution in [3.05, 3.63) is 0 Å². The van der Waals surface area contributed by atoms with E-state index in [1.54, 1.807) is 0 Å². The Bertz CT molecular complexity index is 367. The Morgan fingerprint density at radius 2 is 1.70 bits per heavy atom. The van der Waals surface area contributed by atoms with Gasteiger partial charge < -0.3 is 10.1 Å². The molecular formula is C17H27NO2. The van der Waals surface area contributed by atoms with E-state index in [9.17, 15) is 4.79 Å². The van der Waals surface area contributed by atoms with Gasteiger partial charge in [0, 0.05) is 18.4 Å². The minimum absolute atomic E-state index is 0.251. The second-order valence-electron chi connectivity index (χ2n) is 8.18. The Kier molecular flexibility index (Phi) is 3.10.